The monoisotopic (exact) mass is 426 g/mol. The molecular weight excluding hydrogens is 396 g/mol. The first-order chi connectivity index (χ1) is 14.5. The van der Waals surface area contributed by atoms with Gasteiger partial charge in [0.05, 0.1) is 5.02 Å². The lowest BCUT2D eigenvalue weighted by molar-refractivity contribution is 0.153. The summed E-state index contributed by atoms with van der Waals surface area (Å²) in [6.07, 6.45) is 8.34. The molecule has 160 valence electrons. The molecule has 2 fully saturated rings. The average Bonchev–Trinajstić information content (AvgIpc) is 2.75. The van der Waals surface area contributed by atoms with Gasteiger partial charge in [-0.1, -0.05) is 43.0 Å². The topological polar surface area (TPSA) is 48.5 Å². The van der Waals surface area contributed by atoms with Crippen LogP contribution in [0.1, 0.15) is 57.4 Å². The molecule has 5 nitrogen and oxygen atoms in total. The molecule has 1 N–H and O–H groups in total. The zero-order chi connectivity index (χ0) is 21.1. The molecule has 1 aliphatic heterocycles. The van der Waals surface area contributed by atoms with Crippen LogP contribution in [-0.2, 0) is 0 Å². The van der Waals surface area contributed by atoms with Gasteiger partial charge in [0, 0.05) is 37.1 Å². The highest BCUT2D eigenvalue weighted by molar-refractivity contribution is 6.32. The number of piperazine rings is 1. The van der Waals surface area contributed by atoms with Crippen LogP contribution in [0.2, 0.25) is 5.02 Å². The number of hydrogen-bond acceptors (Lipinski definition) is 3. The van der Waals surface area contributed by atoms with Crippen molar-refractivity contribution in [1.82, 2.24) is 9.88 Å². The Kier molecular flexibility index (Phi) is 6.47. The molecule has 1 saturated carbocycles. The average molecular weight is 427 g/mol. The Hall–Kier alpha value is -2.27. The summed E-state index contributed by atoms with van der Waals surface area (Å²) in [6.45, 7) is 5.56. The first-order valence-electron chi connectivity index (χ1n) is 11.1. The number of anilines is 2. The van der Waals surface area contributed by atoms with E-state index in [0.29, 0.717) is 24.0 Å². The third-order valence-corrected chi connectivity index (χ3v) is 6.73. The van der Waals surface area contributed by atoms with Gasteiger partial charge in [0.15, 0.2) is 0 Å². The van der Waals surface area contributed by atoms with Gasteiger partial charge in [-0.25, -0.2) is 9.78 Å². The number of carbonyl (C=O) groups excluding carboxylic acids is 1. The largest absolute Gasteiger partial charge is 0.351 e. The highest BCUT2D eigenvalue weighted by Crippen LogP contribution is 2.33. The number of pyridine rings is 1. The minimum atomic E-state index is -0.0489. The Morgan fingerprint density at radius 3 is 2.33 bits per heavy atom. The lowest BCUT2D eigenvalue weighted by Gasteiger charge is -2.44. The summed E-state index contributed by atoms with van der Waals surface area (Å²) in [7, 11) is 0. The molecule has 1 aliphatic carbocycles. The maximum absolute atomic E-state index is 13.0. The number of halogens is 1. The van der Waals surface area contributed by atoms with Crippen molar-refractivity contribution in [2.75, 3.05) is 23.3 Å². The van der Waals surface area contributed by atoms with Gasteiger partial charge in [-0.05, 0) is 62.4 Å². The van der Waals surface area contributed by atoms with Crippen LogP contribution in [0, 0.1) is 0 Å². The molecule has 1 aromatic heterocycles. The zero-order valence-corrected chi connectivity index (χ0v) is 18.6. The van der Waals surface area contributed by atoms with E-state index in [2.05, 4.69) is 41.2 Å². The Balaban J connectivity index is 1.39. The Labute approximate surface area is 184 Å². The molecule has 1 saturated heterocycles. The number of benzene rings is 1. The summed E-state index contributed by atoms with van der Waals surface area (Å²) in [5, 5.41) is 3.74. The summed E-state index contributed by atoms with van der Waals surface area (Å²) in [4.78, 5) is 21.6. The van der Waals surface area contributed by atoms with Crippen LogP contribution in [0.3, 0.4) is 0 Å². The summed E-state index contributed by atoms with van der Waals surface area (Å²) in [5.41, 5.74) is 2.25. The SMILES string of the molecule is CC1CN(c2ncccc2Cl)CC(C)N1C(=O)Nc1ccc(C2CCCCC2)cc1. The quantitative estimate of drug-likeness (QED) is 0.663. The summed E-state index contributed by atoms with van der Waals surface area (Å²) in [6, 6.07) is 12.2. The maximum atomic E-state index is 13.0. The van der Waals surface area contributed by atoms with Crippen LogP contribution in [0.5, 0.6) is 0 Å². The third kappa shape index (κ3) is 4.56. The van der Waals surface area contributed by atoms with E-state index < -0.39 is 0 Å². The Morgan fingerprint density at radius 1 is 1.03 bits per heavy atom. The van der Waals surface area contributed by atoms with Crippen molar-refractivity contribution in [3.05, 3.63) is 53.2 Å². The maximum Gasteiger partial charge on any atom is 0.322 e. The fourth-order valence-corrected chi connectivity index (χ4v) is 5.21. The van der Waals surface area contributed by atoms with E-state index in [9.17, 15) is 4.79 Å². The summed E-state index contributed by atoms with van der Waals surface area (Å²) in [5.74, 6) is 1.46. The van der Waals surface area contributed by atoms with Crippen LogP contribution in [-0.4, -0.2) is 41.1 Å². The van der Waals surface area contributed by atoms with Gasteiger partial charge in [-0.2, -0.15) is 0 Å². The number of carbonyl (C=O) groups is 1. The number of aromatic nitrogens is 1. The minimum absolute atomic E-state index is 0.0489. The number of nitrogens with one attached hydrogen (secondary N) is 1. The second-order valence-electron chi connectivity index (χ2n) is 8.71. The molecule has 2 heterocycles. The van der Waals surface area contributed by atoms with Gasteiger partial charge in [0.1, 0.15) is 5.82 Å². The third-order valence-electron chi connectivity index (χ3n) is 6.43. The molecule has 6 heteroatoms. The van der Waals surface area contributed by atoms with E-state index in [1.807, 2.05) is 29.2 Å². The van der Waals surface area contributed by atoms with Crippen molar-refractivity contribution in [2.24, 2.45) is 0 Å². The van der Waals surface area contributed by atoms with E-state index in [0.717, 1.165) is 11.5 Å². The van der Waals surface area contributed by atoms with Crippen LogP contribution in [0.15, 0.2) is 42.6 Å². The number of hydrogen-bond donors (Lipinski definition) is 1. The van der Waals surface area contributed by atoms with E-state index in [4.69, 9.17) is 11.6 Å². The fourth-order valence-electron chi connectivity index (χ4n) is 4.97. The summed E-state index contributed by atoms with van der Waals surface area (Å²) >= 11 is 6.33. The normalized spacial score (nSPS) is 22.8. The predicted octanol–water partition coefficient (Wildman–Crippen LogP) is 5.91. The highest BCUT2D eigenvalue weighted by atomic mass is 35.5. The van der Waals surface area contributed by atoms with Gasteiger partial charge in [0.25, 0.3) is 0 Å². The van der Waals surface area contributed by atoms with Gasteiger partial charge in [-0.15, -0.1) is 0 Å². The Bertz CT molecular complexity index is 854. The second kappa shape index (κ2) is 9.25. The van der Waals surface area contributed by atoms with Crippen molar-refractivity contribution < 1.29 is 4.79 Å². The minimum Gasteiger partial charge on any atom is -0.351 e. The van der Waals surface area contributed by atoms with Crippen LogP contribution in [0.4, 0.5) is 16.3 Å². The van der Waals surface area contributed by atoms with E-state index >= 15 is 0 Å². The molecular formula is C24H31ClN4O. The van der Waals surface area contributed by atoms with Crippen LogP contribution < -0.4 is 10.2 Å². The van der Waals surface area contributed by atoms with Gasteiger partial charge in [-0.3, -0.25) is 0 Å². The van der Waals surface area contributed by atoms with Gasteiger partial charge < -0.3 is 15.1 Å². The number of amides is 2. The smallest absolute Gasteiger partial charge is 0.322 e. The van der Waals surface area contributed by atoms with Gasteiger partial charge in [0.2, 0.25) is 0 Å². The first kappa shape index (κ1) is 21.0. The number of rotatable bonds is 3. The van der Waals surface area contributed by atoms with Crippen molar-refractivity contribution >= 4 is 29.1 Å². The second-order valence-corrected chi connectivity index (χ2v) is 9.11. The van der Waals surface area contributed by atoms with E-state index in [-0.39, 0.29) is 18.1 Å². The molecule has 0 radical (unpaired) electrons. The standard InChI is InChI=1S/C24H31ClN4O/c1-17-15-28(23-22(25)9-6-14-26-23)16-18(2)29(17)24(30)27-21-12-10-20(11-13-21)19-7-4-3-5-8-19/h6,9-14,17-19H,3-5,7-8,15-16H2,1-2H3,(H,27,30). The molecule has 2 aliphatic rings. The molecule has 0 bridgehead atoms. The van der Waals surface area contributed by atoms with E-state index in [1.54, 1.807) is 6.20 Å². The molecule has 0 spiro atoms. The molecule has 1 aromatic carbocycles. The molecule has 2 atom stereocenters. The van der Waals surface area contributed by atoms with Crippen molar-refractivity contribution in [3.63, 3.8) is 0 Å². The molecule has 4 rings (SSSR count). The molecule has 2 unspecified atom stereocenters. The highest BCUT2D eigenvalue weighted by Gasteiger charge is 2.34. The van der Waals surface area contributed by atoms with Crippen LogP contribution >= 0.6 is 11.6 Å². The van der Waals surface area contributed by atoms with Crippen LogP contribution in [0.25, 0.3) is 0 Å². The van der Waals surface area contributed by atoms with Crippen molar-refractivity contribution in [2.45, 2.75) is 64.0 Å². The van der Waals surface area contributed by atoms with Crippen molar-refractivity contribution in [1.29, 1.82) is 0 Å². The lowest BCUT2D eigenvalue weighted by atomic mass is 9.84. The predicted molar refractivity (Wildman–Crippen MR) is 124 cm³/mol. The lowest BCUT2D eigenvalue weighted by Crippen LogP contribution is -2.60. The molecule has 2 aromatic rings. The first-order valence-corrected chi connectivity index (χ1v) is 11.5. The fraction of sp³-hybridized carbons (Fsp3) is 0.500. The number of nitrogens with zero attached hydrogens (tertiary/aromatic N) is 3. The summed E-state index contributed by atoms with van der Waals surface area (Å²) < 4.78 is 0. The van der Waals surface area contributed by atoms with Gasteiger partial charge >= 0.3 is 6.03 Å². The van der Waals surface area contributed by atoms with Crippen molar-refractivity contribution in [3.8, 4) is 0 Å². The molecule has 2 amide bonds. The molecule has 30 heavy (non-hydrogen) atoms. The van der Waals surface area contributed by atoms with E-state index in [1.165, 1.54) is 37.7 Å². The zero-order valence-electron chi connectivity index (χ0n) is 17.9. The Morgan fingerprint density at radius 2 is 1.70 bits per heavy atom. The number of urea groups is 1.